The molecule has 0 amide bonds. The van der Waals surface area contributed by atoms with Gasteiger partial charge in [-0.25, -0.2) is 4.79 Å². The minimum Gasteiger partial charge on any atom is -0.477 e. The highest BCUT2D eigenvalue weighted by Crippen LogP contribution is 2.13. The van der Waals surface area contributed by atoms with Crippen LogP contribution in [-0.4, -0.2) is 80.6 Å². The zero-order valence-corrected chi connectivity index (χ0v) is 35.2. The number of likely N-dealkylation sites (N-methyl/N-ethyl adjacent to an activating group) is 1. The zero-order valence-electron chi connectivity index (χ0n) is 35.2. The first-order valence-corrected chi connectivity index (χ1v) is 21.3. The molecule has 0 aromatic carbocycles. The summed E-state index contributed by atoms with van der Waals surface area (Å²) in [5, 5.41) is 9.60. The first kappa shape index (κ1) is 51.0. The van der Waals surface area contributed by atoms with E-state index in [1.54, 1.807) is 0 Å². The lowest BCUT2D eigenvalue weighted by Crippen LogP contribution is -2.50. The monoisotopic (exact) mass is 759 g/mol. The molecule has 0 bridgehead atoms. The number of nitrogens with zero attached hydrogens (tertiary/aromatic N) is 1. The lowest BCUT2D eigenvalue weighted by molar-refractivity contribution is -0.887. The van der Waals surface area contributed by atoms with E-state index in [1.807, 2.05) is 21.1 Å². The third-order valence-electron chi connectivity index (χ3n) is 9.18. The van der Waals surface area contributed by atoms with E-state index in [4.69, 9.17) is 14.2 Å². The van der Waals surface area contributed by atoms with Crippen LogP contribution in [0.2, 0.25) is 0 Å². The summed E-state index contributed by atoms with van der Waals surface area (Å²) in [5.41, 5.74) is 0. The van der Waals surface area contributed by atoms with Crippen LogP contribution in [-0.2, 0) is 28.6 Å². The van der Waals surface area contributed by atoms with Crippen LogP contribution in [0.3, 0.4) is 0 Å². The van der Waals surface area contributed by atoms with Crippen molar-refractivity contribution in [2.45, 2.75) is 174 Å². The molecule has 0 saturated carbocycles. The Balaban J connectivity index is 4.44. The number of ether oxygens (including phenoxy) is 3. The van der Waals surface area contributed by atoms with E-state index in [-0.39, 0.29) is 36.2 Å². The molecule has 0 fully saturated rings. The molecule has 0 spiro atoms. The molecule has 54 heavy (non-hydrogen) atoms. The normalized spacial score (nSPS) is 13.6. The molecule has 2 atom stereocenters. The molecule has 0 radical (unpaired) electrons. The van der Waals surface area contributed by atoms with Crippen LogP contribution in [0, 0.1) is 0 Å². The molecule has 0 rings (SSSR count). The van der Waals surface area contributed by atoms with Crippen LogP contribution < -0.4 is 0 Å². The maximum Gasteiger partial charge on any atom is 0.362 e. The van der Waals surface area contributed by atoms with Crippen molar-refractivity contribution in [3.63, 3.8) is 0 Å². The summed E-state index contributed by atoms with van der Waals surface area (Å²) < 4.78 is 17.2. The van der Waals surface area contributed by atoms with Crippen LogP contribution in [0.15, 0.2) is 60.8 Å². The Labute approximate surface area is 330 Å². The van der Waals surface area contributed by atoms with E-state index >= 15 is 0 Å². The molecule has 0 aliphatic carbocycles. The number of hydrogen-bond acceptors (Lipinski definition) is 6. The fourth-order valence-electron chi connectivity index (χ4n) is 5.86. The summed E-state index contributed by atoms with van der Waals surface area (Å²) in [6, 6.07) is -0.625. The summed E-state index contributed by atoms with van der Waals surface area (Å²) in [5.74, 6) is -1.54. The smallest absolute Gasteiger partial charge is 0.362 e. The van der Waals surface area contributed by atoms with Gasteiger partial charge in [0.1, 0.15) is 6.61 Å². The number of carboxylic acids is 1. The summed E-state index contributed by atoms with van der Waals surface area (Å²) in [6.45, 7) is 4.54. The van der Waals surface area contributed by atoms with E-state index in [0.717, 1.165) is 77.0 Å². The molecule has 8 nitrogen and oxygen atoms in total. The quantitative estimate of drug-likeness (QED) is 0.0221. The number of carbonyl (C=O) groups is 3. The van der Waals surface area contributed by atoms with Gasteiger partial charge in [0, 0.05) is 19.3 Å². The number of hydrogen-bond donors (Lipinski definition) is 1. The Morgan fingerprint density at radius 3 is 1.69 bits per heavy atom. The van der Waals surface area contributed by atoms with Crippen molar-refractivity contribution in [1.29, 1.82) is 0 Å². The Morgan fingerprint density at radius 2 is 1.09 bits per heavy atom. The predicted molar refractivity (Wildman–Crippen MR) is 224 cm³/mol. The standard InChI is InChI=1S/C46H79NO7/c1-6-8-10-12-14-16-18-20-21-22-23-24-25-27-29-31-33-35-37-45(49)54-42(40-52-39-38-43(46(50)51)47(3,4)5)41-53-44(48)36-34-32-30-28-26-19-17-15-13-11-9-7-2/h9,11,15,17,21-24,26,28,42-43H,6-8,10,12-14,16,18-20,25,27,29-41H2,1-5H3/p+1/b11-9+,17-15+,22-21+,24-23+,28-26+. The van der Waals surface area contributed by atoms with Gasteiger partial charge < -0.3 is 23.8 Å². The summed E-state index contributed by atoms with van der Waals surface area (Å²) >= 11 is 0. The van der Waals surface area contributed by atoms with E-state index in [1.165, 1.54) is 51.4 Å². The summed E-state index contributed by atoms with van der Waals surface area (Å²) in [6.07, 6.45) is 44.1. The summed E-state index contributed by atoms with van der Waals surface area (Å²) in [4.78, 5) is 36.9. The third kappa shape index (κ3) is 34.8. The molecule has 0 aliphatic rings. The van der Waals surface area contributed by atoms with Gasteiger partial charge >= 0.3 is 17.9 Å². The van der Waals surface area contributed by atoms with Gasteiger partial charge in [0.2, 0.25) is 0 Å². The fraction of sp³-hybridized carbons (Fsp3) is 0.717. The van der Waals surface area contributed by atoms with Gasteiger partial charge in [-0.2, -0.15) is 0 Å². The minimum atomic E-state index is -0.885. The maximum atomic E-state index is 12.7. The number of carbonyl (C=O) groups excluding carboxylic acids is 2. The molecule has 1 N–H and O–H groups in total. The zero-order chi connectivity index (χ0) is 40.0. The summed E-state index contributed by atoms with van der Waals surface area (Å²) in [7, 11) is 5.50. The fourth-order valence-corrected chi connectivity index (χ4v) is 5.86. The van der Waals surface area contributed by atoms with Crippen LogP contribution >= 0.6 is 0 Å². The van der Waals surface area contributed by atoms with Gasteiger partial charge in [-0.05, 0) is 70.6 Å². The van der Waals surface area contributed by atoms with Crippen LogP contribution in [0.5, 0.6) is 0 Å². The number of aliphatic carboxylic acids is 1. The number of rotatable bonds is 37. The topological polar surface area (TPSA) is 99.1 Å². The third-order valence-corrected chi connectivity index (χ3v) is 9.18. The van der Waals surface area contributed by atoms with Gasteiger partial charge in [-0.1, -0.05) is 132 Å². The molecular formula is C46H80NO7+. The number of unbranched alkanes of at least 4 members (excludes halogenated alkanes) is 14. The first-order valence-electron chi connectivity index (χ1n) is 21.3. The Kier molecular flexibility index (Phi) is 34.9. The Bertz CT molecular complexity index is 1070. The van der Waals surface area contributed by atoms with Crippen molar-refractivity contribution in [2.75, 3.05) is 41.0 Å². The second-order valence-electron chi connectivity index (χ2n) is 15.2. The van der Waals surface area contributed by atoms with Crippen molar-refractivity contribution in [2.24, 2.45) is 0 Å². The molecule has 310 valence electrons. The maximum absolute atomic E-state index is 12.7. The molecule has 0 aromatic heterocycles. The van der Waals surface area contributed by atoms with Gasteiger partial charge in [-0.3, -0.25) is 9.59 Å². The SMILES string of the molecule is CC/C=C/C/C=C/C/C=C/CCCCC(=O)OCC(COCCC(C(=O)O)[N+](C)(C)C)OC(=O)CCCCCCC/C=C/C=C/CCCCCCCCC. The van der Waals surface area contributed by atoms with Gasteiger partial charge in [0.05, 0.1) is 34.4 Å². The van der Waals surface area contributed by atoms with Gasteiger partial charge in [0.25, 0.3) is 0 Å². The second-order valence-corrected chi connectivity index (χ2v) is 15.2. The highest BCUT2D eigenvalue weighted by atomic mass is 16.6. The van der Waals surface area contributed by atoms with Gasteiger partial charge in [0.15, 0.2) is 12.1 Å². The van der Waals surface area contributed by atoms with Crippen molar-refractivity contribution in [3.05, 3.63) is 60.8 Å². The Hall–Kier alpha value is -2.97. The number of quaternary nitrogens is 1. The van der Waals surface area contributed by atoms with Gasteiger partial charge in [-0.15, -0.1) is 0 Å². The molecular weight excluding hydrogens is 679 g/mol. The molecule has 0 aliphatic heterocycles. The molecule has 0 heterocycles. The average Bonchev–Trinajstić information content (AvgIpc) is 3.12. The minimum absolute atomic E-state index is 0.0401. The molecule has 0 aromatic rings. The Morgan fingerprint density at radius 1 is 0.593 bits per heavy atom. The highest BCUT2D eigenvalue weighted by molar-refractivity contribution is 5.72. The highest BCUT2D eigenvalue weighted by Gasteiger charge is 2.31. The molecule has 8 heteroatoms. The van der Waals surface area contributed by atoms with E-state index in [9.17, 15) is 19.5 Å². The lowest BCUT2D eigenvalue weighted by atomic mass is 10.1. The van der Waals surface area contributed by atoms with Crippen molar-refractivity contribution in [1.82, 2.24) is 0 Å². The van der Waals surface area contributed by atoms with Crippen molar-refractivity contribution < 1.29 is 38.2 Å². The number of allylic oxidation sites excluding steroid dienone is 10. The number of esters is 2. The second kappa shape index (κ2) is 37.0. The largest absolute Gasteiger partial charge is 0.477 e. The lowest BCUT2D eigenvalue weighted by Gasteiger charge is -2.31. The predicted octanol–water partition coefficient (Wildman–Crippen LogP) is 11.4. The number of carboxylic acid groups (broad SMARTS) is 1. The van der Waals surface area contributed by atoms with Crippen LogP contribution in [0.25, 0.3) is 0 Å². The molecule has 0 saturated heterocycles. The van der Waals surface area contributed by atoms with E-state index in [2.05, 4.69) is 74.6 Å². The average molecular weight is 759 g/mol. The molecule has 2 unspecified atom stereocenters. The van der Waals surface area contributed by atoms with Crippen LogP contribution in [0.1, 0.15) is 162 Å². The van der Waals surface area contributed by atoms with Crippen LogP contribution in [0.4, 0.5) is 0 Å². The van der Waals surface area contributed by atoms with Crippen molar-refractivity contribution in [3.8, 4) is 0 Å². The van der Waals surface area contributed by atoms with Crippen molar-refractivity contribution >= 4 is 17.9 Å². The van der Waals surface area contributed by atoms with E-state index < -0.39 is 18.1 Å². The van der Waals surface area contributed by atoms with E-state index in [0.29, 0.717) is 19.3 Å². The first-order chi connectivity index (χ1) is 26.1.